The molecule has 0 radical (unpaired) electrons. The molecule has 2 aromatic carbocycles. The van der Waals surface area contributed by atoms with Crippen LogP contribution < -0.4 is 10.6 Å². The molecule has 3 aromatic rings. The molecule has 0 aliphatic heterocycles. The number of hydrogen-bond acceptors (Lipinski definition) is 5. The van der Waals surface area contributed by atoms with Gasteiger partial charge in [0.2, 0.25) is 5.95 Å². The molecule has 0 saturated heterocycles. The Morgan fingerprint density at radius 3 is 2.48 bits per heavy atom. The van der Waals surface area contributed by atoms with Crippen LogP contribution in [0.4, 0.5) is 23.1 Å². The van der Waals surface area contributed by atoms with Gasteiger partial charge in [-0.3, -0.25) is 0 Å². The largest absolute Gasteiger partial charge is 0.339 e. The van der Waals surface area contributed by atoms with Crippen molar-refractivity contribution >= 4 is 50.7 Å². The van der Waals surface area contributed by atoms with Crippen LogP contribution in [-0.2, 0) is 0 Å². The topological polar surface area (TPSA) is 62.7 Å². The van der Waals surface area contributed by atoms with Crippen LogP contribution in [0.2, 0.25) is 5.02 Å². The number of aromatic nitrogens is 3. The van der Waals surface area contributed by atoms with E-state index >= 15 is 0 Å². The van der Waals surface area contributed by atoms with E-state index in [1.807, 2.05) is 49.4 Å². The average molecular weight is 391 g/mol. The number of halogens is 2. The highest BCUT2D eigenvalue weighted by Gasteiger charge is 2.03. The summed E-state index contributed by atoms with van der Waals surface area (Å²) >= 11 is 9.53. The standard InChI is InChI=1S/C16H13BrClN5/c1-10-2-5-13(8-14(10)18)20-15-9-19-23-16(22-15)21-12-6-3-11(17)4-7-12/h2-9H,1H3,(H2,20,21,22,23). The van der Waals surface area contributed by atoms with E-state index in [0.29, 0.717) is 16.8 Å². The first-order valence-corrected chi connectivity index (χ1v) is 8.03. The molecule has 0 aliphatic carbocycles. The quantitative estimate of drug-likeness (QED) is 0.650. The van der Waals surface area contributed by atoms with E-state index in [-0.39, 0.29) is 0 Å². The van der Waals surface area contributed by atoms with Gasteiger partial charge in [-0.05, 0) is 48.9 Å². The van der Waals surface area contributed by atoms with Crippen LogP contribution >= 0.6 is 27.5 Å². The van der Waals surface area contributed by atoms with Crippen molar-refractivity contribution in [3.05, 3.63) is 63.7 Å². The van der Waals surface area contributed by atoms with Crippen molar-refractivity contribution in [2.24, 2.45) is 0 Å². The van der Waals surface area contributed by atoms with Crippen molar-refractivity contribution in [2.75, 3.05) is 10.6 Å². The molecule has 1 heterocycles. The molecule has 0 bridgehead atoms. The van der Waals surface area contributed by atoms with E-state index in [1.165, 1.54) is 0 Å². The second-order valence-electron chi connectivity index (χ2n) is 4.89. The van der Waals surface area contributed by atoms with Gasteiger partial charge in [-0.15, -0.1) is 5.10 Å². The highest BCUT2D eigenvalue weighted by atomic mass is 79.9. The summed E-state index contributed by atoms with van der Waals surface area (Å²) < 4.78 is 1.01. The number of nitrogens with zero attached hydrogens (tertiary/aromatic N) is 3. The van der Waals surface area contributed by atoms with Gasteiger partial charge in [0.1, 0.15) is 0 Å². The Morgan fingerprint density at radius 1 is 1.00 bits per heavy atom. The van der Waals surface area contributed by atoms with Crippen LogP contribution in [0.1, 0.15) is 5.56 Å². The van der Waals surface area contributed by atoms with Crippen molar-refractivity contribution in [1.82, 2.24) is 15.2 Å². The molecule has 7 heteroatoms. The van der Waals surface area contributed by atoms with Gasteiger partial charge >= 0.3 is 0 Å². The summed E-state index contributed by atoms with van der Waals surface area (Å²) in [6.45, 7) is 1.96. The number of rotatable bonds is 4. The lowest BCUT2D eigenvalue weighted by molar-refractivity contribution is 0.982. The van der Waals surface area contributed by atoms with Crippen LogP contribution in [0.25, 0.3) is 0 Å². The van der Waals surface area contributed by atoms with Gasteiger partial charge in [0.05, 0.1) is 6.20 Å². The molecule has 0 atom stereocenters. The maximum absolute atomic E-state index is 6.13. The Kier molecular flexibility index (Phi) is 4.73. The normalized spacial score (nSPS) is 10.4. The summed E-state index contributed by atoms with van der Waals surface area (Å²) in [7, 11) is 0. The first-order valence-electron chi connectivity index (χ1n) is 6.86. The molecule has 0 unspecified atom stereocenters. The van der Waals surface area contributed by atoms with Crippen molar-refractivity contribution in [2.45, 2.75) is 6.92 Å². The smallest absolute Gasteiger partial charge is 0.249 e. The van der Waals surface area contributed by atoms with E-state index in [0.717, 1.165) is 21.4 Å². The molecule has 0 amide bonds. The van der Waals surface area contributed by atoms with Crippen molar-refractivity contribution in [3.8, 4) is 0 Å². The molecule has 2 N–H and O–H groups in total. The van der Waals surface area contributed by atoms with Gasteiger partial charge in [0.15, 0.2) is 5.82 Å². The van der Waals surface area contributed by atoms with Gasteiger partial charge < -0.3 is 10.6 Å². The summed E-state index contributed by atoms with van der Waals surface area (Å²) in [4.78, 5) is 4.39. The Hall–Kier alpha value is -2.18. The molecule has 23 heavy (non-hydrogen) atoms. The van der Waals surface area contributed by atoms with Crippen molar-refractivity contribution in [3.63, 3.8) is 0 Å². The lowest BCUT2D eigenvalue weighted by Crippen LogP contribution is -2.02. The maximum atomic E-state index is 6.13. The Labute approximate surface area is 147 Å². The number of anilines is 4. The van der Waals surface area contributed by atoms with E-state index in [1.54, 1.807) is 6.20 Å². The monoisotopic (exact) mass is 389 g/mol. The predicted octanol–water partition coefficient (Wildman–Crippen LogP) is 5.08. The van der Waals surface area contributed by atoms with E-state index in [2.05, 4.69) is 41.7 Å². The fourth-order valence-corrected chi connectivity index (χ4v) is 2.34. The minimum atomic E-state index is 0.413. The second-order valence-corrected chi connectivity index (χ2v) is 6.21. The molecule has 0 aliphatic rings. The number of benzene rings is 2. The molecule has 116 valence electrons. The SMILES string of the molecule is Cc1ccc(Nc2cnnc(Nc3ccc(Br)cc3)n2)cc1Cl. The number of nitrogens with one attached hydrogen (secondary N) is 2. The fourth-order valence-electron chi connectivity index (χ4n) is 1.90. The summed E-state index contributed by atoms with van der Waals surface area (Å²) in [6.07, 6.45) is 1.56. The van der Waals surface area contributed by atoms with Crippen LogP contribution in [0.5, 0.6) is 0 Å². The minimum Gasteiger partial charge on any atom is -0.339 e. The van der Waals surface area contributed by atoms with E-state index < -0.39 is 0 Å². The summed E-state index contributed by atoms with van der Waals surface area (Å²) in [5, 5.41) is 14.9. The predicted molar refractivity (Wildman–Crippen MR) is 96.7 cm³/mol. The first kappa shape index (κ1) is 15.7. The highest BCUT2D eigenvalue weighted by Crippen LogP contribution is 2.23. The van der Waals surface area contributed by atoms with E-state index in [4.69, 9.17) is 11.6 Å². The van der Waals surface area contributed by atoms with Gasteiger partial charge in [-0.2, -0.15) is 10.1 Å². The average Bonchev–Trinajstić information content (AvgIpc) is 2.54. The third kappa shape index (κ3) is 4.18. The zero-order valence-electron chi connectivity index (χ0n) is 12.2. The first-order chi connectivity index (χ1) is 11.1. The Balaban J connectivity index is 1.76. The molecule has 0 spiro atoms. The van der Waals surface area contributed by atoms with Gasteiger partial charge in [-0.1, -0.05) is 33.6 Å². The fraction of sp³-hybridized carbons (Fsp3) is 0.0625. The zero-order valence-corrected chi connectivity index (χ0v) is 14.6. The van der Waals surface area contributed by atoms with Crippen molar-refractivity contribution in [1.29, 1.82) is 0 Å². The summed E-state index contributed by atoms with van der Waals surface area (Å²) in [6, 6.07) is 13.4. The minimum absolute atomic E-state index is 0.413. The van der Waals surface area contributed by atoms with Crippen LogP contribution in [0.15, 0.2) is 53.1 Å². The molecule has 3 rings (SSSR count). The molecular weight excluding hydrogens is 378 g/mol. The maximum Gasteiger partial charge on any atom is 0.249 e. The number of hydrogen-bond donors (Lipinski definition) is 2. The Bertz CT molecular complexity index is 823. The number of aryl methyl sites for hydroxylation is 1. The third-order valence-electron chi connectivity index (χ3n) is 3.10. The lowest BCUT2D eigenvalue weighted by Gasteiger charge is -2.08. The van der Waals surface area contributed by atoms with Crippen molar-refractivity contribution < 1.29 is 0 Å². The lowest BCUT2D eigenvalue weighted by atomic mass is 10.2. The molecule has 1 aromatic heterocycles. The second kappa shape index (κ2) is 6.93. The summed E-state index contributed by atoms with van der Waals surface area (Å²) in [5.74, 6) is 0.995. The highest BCUT2D eigenvalue weighted by molar-refractivity contribution is 9.10. The van der Waals surface area contributed by atoms with Gasteiger partial charge in [0, 0.05) is 20.9 Å². The molecular formula is C16H13BrClN5. The third-order valence-corrected chi connectivity index (χ3v) is 4.04. The summed E-state index contributed by atoms with van der Waals surface area (Å²) in [5.41, 5.74) is 2.75. The molecule has 5 nitrogen and oxygen atoms in total. The zero-order chi connectivity index (χ0) is 16.2. The van der Waals surface area contributed by atoms with E-state index in [9.17, 15) is 0 Å². The Morgan fingerprint density at radius 2 is 1.74 bits per heavy atom. The van der Waals surface area contributed by atoms with Gasteiger partial charge in [-0.25, -0.2) is 0 Å². The van der Waals surface area contributed by atoms with Crippen LogP contribution in [0.3, 0.4) is 0 Å². The molecule has 0 fully saturated rings. The molecule has 0 saturated carbocycles. The van der Waals surface area contributed by atoms with Crippen LogP contribution in [-0.4, -0.2) is 15.2 Å². The van der Waals surface area contributed by atoms with Gasteiger partial charge in [0.25, 0.3) is 0 Å². The van der Waals surface area contributed by atoms with Crippen LogP contribution in [0, 0.1) is 6.92 Å².